The first-order valence-corrected chi connectivity index (χ1v) is 6.40. The van der Waals surface area contributed by atoms with Crippen LogP contribution in [0.25, 0.3) is 0 Å². The molecule has 1 amide bonds. The Morgan fingerprint density at radius 1 is 1.71 bits per heavy atom. The predicted molar refractivity (Wildman–Crippen MR) is 66.2 cm³/mol. The summed E-state index contributed by atoms with van der Waals surface area (Å²) in [6, 6.07) is 2.14. The number of oxime groups is 1. The molecule has 0 bridgehead atoms. The zero-order valence-electron chi connectivity index (χ0n) is 9.35. The standard InChI is InChI=1S/C11H15N3O2S/c12-10(14-16)6-11(15)13-8-2-1-3-9-7(8)4-5-17-9/h4-5,8,16H,1-3,6H2,(H2,12,14)(H,13,15). The smallest absolute Gasteiger partial charge is 0.228 e. The molecule has 0 fully saturated rings. The Hall–Kier alpha value is -1.56. The first-order valence-electron chi connectivity index (χ1n) is 5.52. The summed E-state index contributed by atoms with van der Waals surface area (Å²) < 4.78 is 0. The van der Waals surface area contributed by atoms with Gasteiger partial charge in [0.05, 0.1) is 12.5 Å². The summed E-state index contributed by atoms with van der Waals surface area (Å²) in [6.45, 7) is 0. The number of nitrogens with one attached hydrogen (secondary N) is 1. The van der Waals surface area contributed by atoms with Crippen molar-refractivity contribution in [1.82, 2.24) is 5.32 Å². The normalized spacial score (nSPS) is 19.8. The molecule has 1 aromatic rings. The van der Waals surface area contributed by atoms with Crippen LogP contribution in [0.1, 0.15) is 35.7 Å². The van der Waals surface area contributed by atoms with Gasteiger partial charge in [0.1, 0.15) is 5.84 Å². The fourth-order valence-electron chi connectivity index (χ4n) is 2.08. The number of rotatable bonds is 3. The van der Waals surface area contributed by atoms with E-state index in [4.69, 9.17) is 10.9 Å². The maximum absolute atomic E-state index is 11.6. The number of nitrogens with two attached hydrogens (primary N) is 1. The molecule has 0 spiro atoms. The molecule has 1 unspecified atom stereocenters. The van der Waals surface area contributed by atoms with E-state index in [9.17, 15) is 4.79 Å². The molecule has 17 heavy (non-hydrogen) atoms. The van der Waals surface area contributed by atoms with Gasteiger partial charge in [-0.1, -0.05) is 5.16 Å². The van der Waals surface area contributed by atoms with Gasteiger partial charge in [0.15, 0.2) is 0 Å². The third kappa shape index (κ3) is 2.76. The highest BCUT2D eigenvalue weighted by atomic mass is 32.1. The van der Waals surface area contributed by atoms with Gasteiger partial charge in [-0.3, -0.25) is 4.79 Å². The third-order valence-corrected chi connectivity index (χ3v) is 3.85. The molecule has 0 aromatic carbocycles. The Bertz CT molecular complexity index is 442. The number of carbonyl (C=O) groups excluding carboxylic acids is 1. The number of hydrogen-bond donors (Lipinski definition) is 3. The second-order valence-electron chi connectivity index (χ2n) is 4.08. The van der Waals surface area contributed by atoms with Crippen LogP contribution >= 0.6 is 11.3 Å². The summed E-state index contributed by atoms with van der Waals surface area (Å²) in [7, 11) is 0. The van der Waals surface area contributed by atoms with E-state index in [-0.39, 0.29) is 24.2 Å². The lowest BCUT2D eigenvalue weighted by Crippen LogP contribution is -2.33. The number of carbonyl (C=O) groups is 1. The van der Waals surface area contributed by atoms with Crippen molar-refractivity contribution >= 4 is 23.1 Å². The molecule has 2 rings (SSSR count). The van der Waals surface area contributed by atoms with Crippen molar-refractivity contribution in [1.29, 1.82) is 0 Å². The highest BCUT2D eigenvalue weighted by Gasteiger charge is 2.22. The van der Waals surface area contributed by atoms with Crippen molar-refractivity contribution in [2.45, 2.75) is 31.7 Å². The Kier molecular flexibility index (Phi) is 3.63. The maximum atomic E-state index is 11.6. The Balaban J connectivity index is 1.99. The molecule has 0 saturated heterocycles. The Labute approximate surface area is 103 Å². The van der Waals surface area contributed by atoms with Gasteiger partial charge < -0.3 is 16.3 Å². The first-order chi connectivity index (χ1) is 8.20. The molecular weight excluding hydrogens is 238 g/mol. The molecule has 0 radical (unpaired) electrons. The highest BCUT2D eigenvalue weighted by molar-refractivity contribution is 7.10. The summed E-state index contributed by atoms with van der Waals surface area (Å²) in [4.78, 5) is 13.0. The van der Waals surface area contributed by atoms with Crippen LogP contribution in [-0.4, -0.2) is 17.0 Å². The molecule has 0 saturated carbocycles. The van der Waals surface area contributed by atoms with E-state index in [1.165, 1.54) is 10.4 Å². The molecule has 6 heteroatoms. The van der Waals surface area contributed by atoms with Crippen molar-refractivity contribution in [2.24, 2.45) is 10.9 Å². The number of thiophene rings is 1. The van der Waals surface area contributed by atoms with E-state index in [1.54, 1.807) is 11.3 Å². The van der Waals surface area contributed by atoms with Gasteiger partial charge in [-0.2, -0.15) is 0 Å². The van der Waals surface area contributed by atoms with E-state index in [2.05, 4.69) is 21.9 Å². The number of nitrogens with zero attached hydrogens (tertiary/aromatic N) is 1. The van der Waals surface area contributed by atoms with Crippen molar-refractivity contribution in [3.05, 3.63) is 21.9 Å². The highest BCUT2D eigenvalue weighted by Crippen LogP contribution is 2.33. The number of aryl methyl sites for hydroxylation is 1. The number of hydrogen-bond acceptors (Lipinski definition) is 4. The maximum Gasteiger partial charge on any atom is 0.228 e. The van der Waals surface area contributed by atoms with Gasteiger partial charge in [0, 0.05) is 4.88 Å². The van der Waals surface area contributed by atoms with Gasteiger partial charge in [-0.25, -0.2) is 0 Å². The predicted octanol–water partition coefficient (Wildman–Crippen LogP) is 1.38. The SMILES string of the molecule is NC(CC(=O)NC1CCCc2sccc21)=NO. The third-order valence-electron chi connectivity index (χ3n) is 2.86. The second-order valence-corrected chi connectivity index (χ2v) is 5.08. The quantitative estimate of drug-likeness (QED) is 0.329. The lowest BCUT2D eigenvalue weighted by Gasteiger charge is -2.23. The fourth-order valence-corrected chi connectivity index (χ4v) is 3.07. The van der Waals surface area contributed by atoms with Crippen LogP contribution in [0, 0.1) is 0 Å². The molecule has 1 aromatic heterocycles. The molecule has 1 heterocycles. The van der Waals surface area contributed by atoms with E-state index in [1.807, 2.05) is 0 Å². The van der Waals surface area contributed by atoms with Crippen LogP contribution in [0.2, 0.25) is 0 Å². The lowest BCUT2D eigenvalue weighted by atomic mass is 9.94. The minimum absolute atomic E-state index is 0.0630. The van der Waals surface area contributed by atoms with Crippen LogP contribution < -0.4 is 11.1 Å². The average Bonchev–Trinajstić information content (AvgIpc) is 2.78. The van der Waals surface area contributed by atoms with E-state index < -0.39 is 0 Å². The number of fused-ring (bicyclic) bond motifs is 1. The van der Waals surface area contributed by atoms with E-state index >= 15 is 0 Å². The molecule has 1 aliphatic rings. The van der Waals surface area contributed by atoms with E-state index in [0.29, 0.717) is 0 Å². The van der Waals surface area contributed by atoms with Crippen LogP contribution in [0.3, 0.4) is 0 Å². The van der Waals surface area contributed by atoms with Crippen LogP contribution in [0.15, 0.2) is 16.6 Å². The van der Waals surface area contributed by atoms with E-state index in [0.717, 1.165) is 19.3 Å². The summed E-state index contributed by atoms with van der Waals surface area (Å²) in [5.41, 5.74) is 6.51. The average molecular weight is 253 g/mol. The van der Waals surface area contributed by atoms with Gasteiger partial charge in [0.2, 0.25) is 5.91 Å². The second kappa shape index (κ2) is 5.18. The first kappa shape index (κ1) is 11.9. The van der Waals surface area contributed by atoms with Crippen LogP contribution in [-0.2, 0) is 11.2 Å². The molecule has 1 atom stereocenters. The molecular formula is C11H15N3O2S. The fraction of sp³-hybridized carbons (Fsp3) is 0.455. The largest absolute Gasteiger partial charge is 0.409 e. The Morgan fingerprint density at radius 2 is 2.53 bits per heavy atom. The van der Waals surface area contributed by atoms with Crippen molar-refractivity contribution in [2.75, 3.05) is 0 Å². The minimum Gasteiger partial charge on any atom is -0.409 e. The van der Waals surface area contributed by atoms with Crippen molar-refractivity contribution < 1.29 is 10.0 Å². The molecule has 5 nitrogen and oxygen atoms in total. The van der Waals surface area contributed by atoms with Crippen molar-refractivity contribution in [3.63, 3.8) is 0 Å². The minimum atomic E-state index is -0.204. The zero-order chi connectivity index (χ0) is 12.3. The lowest BCUT2D eigenvalue weighted by molar-refractivity contribution is -0.120. The van der Waals surface area contributed by atoms with Gasteiger partial charge in [-0.15, -0.1) is 11.3 Å². The molecule has 4 N–H and O–H groups in total. The summed E-state index contributed by atoms with van der Waals surface area (Å²) in [6.07, 6.45) is 3.07. The van der Waals surface area contributed by atoms with Gasteiger partial charge in [0.25, 0.3) is 0 Å². The summed E-state index contributed by atoms with van der Waals surface area (Å²) in [5, 5.41) is 16.2. The van der Waals surface area contributed by atoms with Gasteiger partial charge >= 0.3 is 0 Å². The summed E-state index contributed by atoms with van der Waals surface area (Å²) >= 11 is 1.73. The summed E-state index contributed by atoms with van der Waals surface area (Å²) in [5.74, 6) is -0.270. The topological polar surface area (TPSA) is 87.7 Å². The monoisotopic (exact) mass is 253 g/mol. The zero-order valence-corrected chi connectivity index (χ0v) is 10.2. The van der Waals surface area contributed by atoms with Crippen molar-refractivity contribution in [3.8, 4) is 0 Å². The Morgan fingerprint density at radius 3 is 3.29 bits per heavy atom. The van der Waals surface area contributed by atoms with Gasteiger partial charge in [-0.05, 0) is 36.3 Å². The molecule has 1 aliphatic carbocycles. The number of amidine groups is 1. The molecule has 92 valence electrons. The van der Waals surface area contributed by atoms with Crippen LogP contribution in [0.4, 0.5) is 0 Å². The number of amides is 1. The van der Waals surface area contributed by atoms with Crippen LogP contribution in [0.5, 0.6) is 0 Å². The molecule has 0 aliphatic heterocycles.